The third-order valence-electron chi connectivity index (χ3n) is 4.68. The van der Waals surface area contributed by atoms with E-state index in [0.29, 0.717) is 11.6 Å². The molecule has 2 atom stereocenters. The molecule has 0 aliphatic heterocycles. The Morgan fingerprint density at radius 2 is 2.19 bits per heavy atom. The topological polar surface area (TPSA) is 67.2 Å². The number of aliphatic hydroxyl groups excluding tert-OH is 1. The van der Waals surface area contributed by atoms with E-state index in [9.17, 15) is 4.79 Å². The predicted octanol–water partition coefficient (Wildman–Crippen LogP) is 1.97. The smallest absolute Gasteiger partial charge is 0.255 e. The van der Waals surface area contributed by atoms with Crippen molar-refractivity contribution in [2.24, 2.45) is 5.92 Å². The second-order valence-corrected chi connectivity index (χ2v) is 6.17. The van der Waals surface area contributed by atoms with Crippen LogP contribution in [0.25, 0.3) is 0 Å². The SMILES string of the molecule is Cc1c(C(=O)N[C@@H]2C=C[C@H](CO)C2)cnn1C1CCCC1. The van der Waals surface area contributed by atoms with E-state index in [1.165, 1.54) is 12.8 Å². The van der Waals surface area contributed by atoms with Crippen molar-refractivity contribution in [3.8, 4) is 0 Å². The number of nitrogens with one attached hydrogen (secondary N) is 1. The van der Waals surface area contributed by atoms with Crippen LogP contribution in [-0.4, -0.2) is 33.4 Å². The predicted molar refractivity (Wildman–Crippen MR) is 80.1 cm³/mol. The Morgan fingerprint density at radius 3 is 2.86 bits per heavy atom. The maximum atomic E-state index is 12.4. The number of carbonyl (C=O) groups is 1. The molecule has 1 saturated carbocycles. The summed E-state index contributed by atoms with van der Waals surface area (Å²) in [6.07, 6.45) is 11.2. The Kier molecular flexibility index (Phi) is 4.10. The van der Waals surface area contributed by atoms with E-state index in [2.05, 4.69) is 10.4 Å². The van der Waals surface area contributed by atoms with Gasteiger partial charge in [0.15, 0.2) is 0 Å². The summed E-state index contributed by atoms with van der Waals surface area (Å²) in [5, 5.41) is 16.6. The number of nitrogens with zero attached hydrogens (tertiary/aromatic N) is 2. The van der Waals surface area contributed by atoms with E-state index in [4.69, 9.17) is 5.11 Å². The van der Waals surface area contributed by atoms with Gasteiger partial charge >= 0.3 is 0 Å². The van der Waals surface area contributed by atoms with Crippen molar-refractivity contribution in [2.45, 2.75) is 51.1 Å². The highest BCUT2D eigenvalue weighted by Crippen LogP contribution is 2.30. The minimum atomic E-state index is -0.0648. The van der Waals surface area contributed by atoms with Gasteiger partial charge in [-0.1, -0.05) is 25.0 Å². The van der Waals surface area contributed by atoms with Crippen LogP contribution in [0.3, 0.4) is 0 Å². The Labute approximate surface area is 125 Å². The molecule has 1 aromatic heterocycles. The molecule has 1 amide bonds. The molecular formula is C16H23N3O2. The van der Waals surface area contributed by atoms with Crippen molar-refractivity contribution >= 4 is 5.91 Å². The monoisotopic (exact) mass is 289 g/mol. The third kappa shape index (κ3) is 2.88. The van der Waals surface area contributed by atoms with Gasteiger partial charge in [0.2, 0.25) is 0 Å². The molecule has 0 aromatic carbocycles. The third-order valence-corrected chi connectivity index (χ3v) is 4.68. The van der Waals surface area contributed by atoms with Gasteiger partial charge in [-0.2, -0.15) is 5.10 Å². The lowest BCUT2D eigenvalue weighted by atomic mass is 10.1. The molecule has 1 fully saturated rings. The molecule has 0 radical (unpaired) electrons. The van der Waals surface area contributed by atoms with E-state index >= 15 is 0 Å². The van der Waals surface area contributed by atoms with E-state index in [1.54, 1.807) is 6.20 Å². The van der Waals surface area contributed by atoms with Crippen LogP contribution in [0.15, 0.2) is 18.3 Å². The van der Waals surface area contributed by atoms with Crippen LogP contribution in [0.2, 0.25) is 0 Å². The first-order chi connectivity index (χ1) is 10.2. The average Bonchev–Trinajstić information content (AvgIpc) is 3.18. The molecule has 0 unspecified atom stereocenters. The van der Waals surface area contributed by atoms with E-state index < -0.39 is 0 Å². The number of amides is 1. The lowest BCUT2D eigenvalue weighted by molar-refractivity contribution is 0.0940. The van der Waals surface area contributed by atoms with Gasteiger partial charge in [0.25, 0.3) is 5.91 Å². The number of carbonyl (C=O) groups excluding carboxylic acids is 1. The van der Waals surface area contributed by atoms with Gasteiger partial charge in [-0.15, -0.1) is 0 Å². The van der Waals surface area contributed by atoms with Crippen LogP contribution in [0.1, 0.15) is 54.2 Å². The minimum absolute atomic E-state index is 0.0175. The highest BCUT2D eigenvalue weighted by atomic mass is 16.3. The Hall–Kier alpha value is -1.62. The van der Waals surface area contributed by atoms with Crippen molar-refractivity contribution in [3.63, 3.8) is 0 Å². The molecule has 3 rings (SSSR count). The first-order valence-electron chi connectivity index (χ1n) is 7.83. The minimum Gasteiger partial charge on any atom is -0.396 e. The summed E-state index contributed by atoms with van der Waals surface area (Å²) in [4.78, 5) is 12.4. The van der Waals surface area contributed by atoms with Crippen molar-refractivity contribution in [2.75, 3.05) is 6.61 Å². The summed E-state index contributed by atoms with van der Waals surface area (Å²) in [5.41, 5.74) is 1.63. The first kappa shape index (κ1) is 14.3. The van der Waals surface area contributed by atoms with E-state index in [-0.39, 0.29) is 24.5 Å². The summed E-state index contributed by atoms with van der Waals surface area (Å²) >= 11 is 0. The molecule has 0 spiro atoms. The molecule has 0 saturated heterocycles. The second-order valence-electron chi connectivity index (χ2n) is 6.17. The fourth-order valence-corrected chi connectivity index (χ4v) is 3.43. The molecule has 5 heteroatoms. The van der Waals surface area contributed by atoms with Gasteiger partial charge in [0.05, 0.1) is 17.8 Å². The summed E-state index contributed by atoms with van der Waals surface area (Å²) in [6, 6.07) is 0.473. The van der Waals surface area contributed by atoms with Crippen LogP contribution in [0, 0.1) is 12.8 Å². The maximum absolute atomic E-state index is 12.4. The van der Waals surface area contributed by atoms with Crippen molar-refractivity contribution in [1.82, 2.24) is 15.1 Å². The van der Waals surface area contributed by atoms with E-state index in [1.807, 2.05) is 23.8 Å². The van der Waals surface area contributed by atoms with Crippen LogP contribution in [0.5, 0.6) is 0 Å². The number of hydrogen-bond acceptors (Lipinski definition) is 3. The van der Waals surface area contributed by atoms with Crippen LogP contribution < -0.4 is 5.32 Å². The highest BCUT2D eigenvalue weighted by Gasteiger charge is 2.25. The molecule has 1 aromatic rings. The molecule has 114 valence electrons. The Balaban J connectivity index is 1.66. The standard InChI is InChI=1S/C16H23N3O2/c1-11-15(9-17-19(11)14-4-2-3-5-14)16(21)18-13-7-6-12(8-13)10-20/h6-7,9,12-14,20H,2-5,8,10H2,1H3,(H,18,21)/t12-,13+/m0/s1. The van der Waals surface area contributed by atoms with Crippen LogP contribution in [0.4, 0.5) is 0 Å². The first-order valence-corrected chi connectivity index (χ1v) is 7.83. The highest BCUT2D eigenvalue weighted by molar-refractivity contribution is 5.95. The summed E-state index contributed by atoms with van der Waals surface area (Å²) in [5.74, 6) is 0.0996. The number of aromatic nitrogens is 2. The molecule has 2 N–H and O–H groups in total. The van der Waals surface area contributed by atoms with Gasteiger partial charge < -0.3 is 10.4 Å². The zero-order valence-corrected chi connectivity index (χ0v) is 12.5. The molecule has 1 heterocycles. The van der Waals surface area contributed by atoms with Crippen molar-refractivity contribution < 1.29 is 9.90 Å². The van der Waals surface area contributed by atoms with E-state index in [0.717, 1.165) is 25.0 Å². The summed E-state index contributed by atoms with van der Waals surface area (Å²) < 4.78 is 2.02. The number of rotatable bonds is 4. The average molecular weight is 289 g/mol. The number of hydrogen-bond donors (Lipinski definition) is 2. The zero-order chi connectivity index (χ0) is 14.8. The molecule has 2 aliphatic rings. The maximum Gasteiger partial charge on any atom is 0.255 e. The van der Waals surface area contributed by atoms with Crippen molar-refractivity contribution in [1.29, 1.82) is 0 Å². The second kappa shape index (κ2) is 6.02. The van der Waals surface area contributed by atoms with Crippen molar-refractivity contribution in [3.05, 3.63) is 29.6 Å². The molecule has 0 bridgehead atoms. The van der Waals surface area contributed by atoms with Crippen LogP contribution >= 0.6 is 0 Å². The molecule has 5 nitrogen and oxygen atoms in total. The quantitative estimate of drug-likeness (QED) is 0.833. The van der Waals surface area contributed by atoms with Gasteiger partial charge in [-0.25, -0.2) is 0 Å². The zero-order valence-electron chi connectivity index (χ0n) is 12.5. The summed E-state index contributed by atoms with van der Waals surface area (Å²) in [6.45, 7) is 2.11. The Bertz CT molecular complexity index is 544. The fourth-order valence-electron chi connectivity index (χ4n) is 3.43. The van der Waals surface area contributed by atoms with Crippen LogP contribution in [-0.2, 0) is 0 Å². The van der Waals surface area contributed by atoms with Gasteiger partial charge in [-0.3, -0.25) is 9.48 Å². The molecule has 21 heavy (non-hydrogen) atoms. The normalized spacial score (nSPS) is 25.6. The lowest BCUT2D eigenvalue weighted by Gasteiger charge is -2.14. The lowest BCUT2D eigenvalue weighted by Crippen LogP contribution is -2.33. The van der Waals surface area contributed by atoms with Gasteiger partial charge in [0.1, 0.15) is 0 Å². The largest absolute Gasteiger partial charge is 0.396 e. The summed E-state index contributed by atoms with van der Waals surface area (Å²) in [7, 11) is 0. The Morgan fingerprint density at radius 1 is 1.43 bits per heavy atom. The van der Waals surface area contributed by atoms with Gasteiger partial charge in [-0.05, 0) is 26.2 Å². The molecular weight excluding hydrogens is 266 g/mol. The van der Waals surface area contributed by atoms with Gasteiger partial charge in [0, 0.05) is 24.3 Å². The molecule has 2 aliphatic carbocycles. The number of aliphatic hydroxyl groups is 1. The fraction of sp³-hybridized carbons (Fsp3) is 0.625.